The van der Waals surface area contributed by atoms with Crippen LogP contribution in [0.3, 0.4) is 0 Å². The second-order valence-corrected chi connectivity index (χ2v) is 8.01. The average molecular weight is 485 g/mol. The van der Waals surface area contributed by atoms with Crippen molar-refractivity contribution in [2.45, 2.75) is 38.3 Å². The molecule has 180 valence electrons. The minimum atomic E-state index is -3.17. The van der Waals surface area contributed by atoms with Crippen LogP contribution in [0.15, 0.2) is 51.8 Å². The first kappa shape index (κ1) is 22.4. The first-order valence-electron chi connectivity index (χ1n) is 10.7. The summed E-state index contributed by atoms with van der Waals surface area (Å²) in [5, 5.41) is 15.3. The van der Waals surface area contributed by atoms with E-state index in [1.165, 1.54) is 41.2 Å². The van der Waals surface area contributed by atoms with Crippen LogP contribution in [0, 0.1) is 10.1 Å². The molecule has 2 aromatic heterocycles. The maximum absolute atomic E-state index is 13.1. The molecule has 0 radical (unpaired) electrons. The highest BCUT2D eigenvalue weighted by Gasteiger charge is 2.27. The summed E-state index contributed by atoms with van der Waals surface area (Å²) in [7, 11) is 0. The highest BCUT2D eigenvalue weighted by molar-refractivity contribution is 6.16. The predicted octanol–water partition coefficient (Wildman–Crippen LogP) is 4.99. The summed E-state index contributed by atoms with van der Waals surface area (Å²) in [6, 6.07) is 7.06. The predicted molar refractivity (Wildman–Crippen MR) is 118 cm³/mol. The zero-order valence-electron chi connectivity index (χ0n) is 18.0. The van der Waals surface area contributed by atoms with E-state index in [9.17, 15) is 28.5 Å². The van der Waals surface area contributed by atoms with Gasteiger partial charge < -0.3 is 13.9 Å². The van der Waals surface area contributed by atoms with Gasteiger partial charge in [-0.3, -0.25) is 14.9 Å². The standard InChI is InChI=1S/C23H17F2N3O7/c24-23(25)34-17-10-9-15(22(30)33-14-7-5-13(6-8-14)28(31)32)18-16-11-26-27(12-3-1-2-4-12)21(29)19(16)35-20(17)18/h5-12,23H,1-4H2. The van der Waals surface area contributed by atoms with Gasteiger partial charge in [0.25, 0.3) is 5.69 Å². The molecule has 2 aromatic carbocycles. The Morgan fingerprint density at radius 2 is 1.86 bits per heavy atom. The van der Waals surface area contributed by atoms with E-state index >= 15 is 0 Å². The van der Waals surface area contributed by atoms with Crippen molar-refractivity contribution in [3.8, 4) is 11.5 Å². The number of furan rings is 1. The van der Waals surface area contributed by atoms with E-state index in [0.717, 1.165) is 31.7 Å². The van der Waals surface area contributed by atoms with E-state index in [2.05, 4.69) is 9.84 Å². The van der Waals surface area contributed by atoms with Crippen molar-refractivity contribution in [3.63, 3.8) is 0 Å². The molecule has 0 bridgehead atoms. The van der Waals surface area contributed by atoms with Gasteiger partial charge in [0.2, 0.25) is 5.58 Å². The van der Waals surface area contributed by atoms with Crippen LogP contribution in [0.25, 0.3) is 21.9 Å². The number of rotatable bonds is 6. The van der Waals surface area contributed by atoms with Crippen LogP contribution in [0.5, 0.6) is 11.5 Å². The fraction of sp³-hybridized carbons (Fsp3) is 0.261. The molecule has 0 spiro atoms. The number of hydrogen-bond acceptors (Lipinski definition) is 8. The number of nitrogens with zero attached hydrogens (tertiary/aromatic N) is 3. The van der Waals surface area contributed by atoms with E-state index < -0.39 is 23.1 Å². The van der Waals surface area contributed by atoms with Gasteiger partial charge in [0.15, 0.2) is 11.3 Å². The highest BCUT2D eigenvalue weighted by Crippen LogP contribution is 2.37. The van der Waals surface area contributed by atoms with E-state index in [1.807, 2.05) is 0 Å². The van der Waals surface area contributed by atoms with Crippen LogP contribution < -0.4 is 15.0 Å². The monoisotopic (exact) mass is 485 g/mol. The number of aromatic nitrogens is 2. The van der Waals surface area contributed by atoms with Gasteiger partial charge in [-0.1, -0.05) is 12.8 Å². The molecule has 0 aliphatic heterocycles. The average Bonchev–Trinajstić information content (AvgIpc) is 3.49. The fourth-order valence-electron chi connectivity index (χ4n) is 4.33. The number of ether oxygens (including phenoxy) is 2. The zero-order valence-corrected chi connectivity index (χ0v) is 18.0. The summed E-state index contributed by atoms with van der Waals surface area (Å²) in [6.45, 7) is -3.17. The van der Waals surface area contributed by atoms with Crippen molar-refractivity contribution in [2.75, 3.05) is 0 Å². The van der Waals surface area contributed by atoms with Gasteiger partial charge in [0.1, 0.15) is 5.75 Å². The lowest BCUT2D eigenvalue weighted by molar-refractivity contribution is -0.384. The van der Waals surface area contributed by atoms with Gasteiger partial charge in [-0.25, -0.2) is 9.48 Å². The molecular weight excluding hydrogens is 468 g/mol. The van der Waals surface area contributed by atoms with Gasteiger partial charge in [-0.2, -0.15) is 13.9 Å². The highest BCUT2D eigenvalue weighted by atomic mass is 19.3. The Bertz CT molecular complexity index is 1510. The number of nitro groups is 1. The molecule has 0 unspecified atom stereocenters. The number of halogens is 2. The molecule has 10 nitrogen and oxygen atoms in total. The number of carbonyl (C=O) groups excluding carboxylic acids is 1. The lowest BCUT2D eigenvalue weighted by Crippen LogP contribution is -2.25. The molecule has 1 saturated carbocycles. The molecular formula is C23H17F2N3O7. The third kappa shape index (κ3) is 4.07. The first-order chi connectivity index (χ1) is 16.8. The number of hydrogen-bond donors (Lipinski definition) is 0. The van der Waals surface area contributed by atoms with Gasteiger partial charge in [-0.05, 0) is 37.1 Å². The largest absolute Gasteiger partial charge is 0.446 e. The van der Waals surface area contributed by atoms with Crippen LogP contribution in [-0.4, -0.2) is 27.3 Å². The van der Waals surface area contributed by atoms with Crippen molar-refractivity contribution in [1.29, 1.82) is 0 Å². The first-order valence-corrected chi connectivity index (χ1v) is 10.7. The molecule has 35 heavy (non-hydrogen) atoms. The molecule has 2 heterocycles. The number of nitro benzene ring substituents is 1. The van der Waals surface area contributed by atoms with Crippen molar-refractivity contribution in [2.24, 2.45) is 0 Å². The van der Waals surface area contributed by atoms with Crippen molar-refractivity contribution >= 4 is 33.6 Å². The molecule has 0 amide bonds. The minimum Gasteiger partial charge on any atom is -0.446 e. The SMILES string of the molecule is O=C(Oc1ccc([N+](=O)[O-])cc1)c1ccc(OC(F)F)c2oc3c(=O)n(C4CCCC4)ncc3c12. The Morgan fingerprint density at radius 1 is 1.14 bits per heavy atom. The number of fused-ring (bicyclic) bond motifs is 3. The molecule has 1 aliphatic rings. The van der Waals surface area contributed by atoms with Crippen LogP contribution in [-0.2, 0) is 0 Å². The van der Waals surface area contributed by atoms with E-state index in [4.69, 9.17) is 9.15 Å². The Kier molecular flexibility index (Phi) is 5.63. The molecule has 0 N–H and O–H groups in total. The normalized spacial score (nSPS) is 14.1. The fourth-order valence-corrected chi connectivity index (χ4v) is 4.33. The molecule has 1 aliphatic carbocycles. The van der Waals surface area contributed by atoms with Crippen molar-refractivity contribution < 1.29 is 32.4 Å². The molecule has 12 heteroatoms. The Balaban J connectivity index is 1.63. The topological polar surface area (TPSA) is 127 Å². The minimum absolute atomic E-state index is 0.0242. The molecule has 4 aromatic rings. The molecule has 0 saturated heterocycles. The van der Waals surface area contributed by atoms with E-state index in [1.54, 1.807) is 0 Å². The molecule has 5 rings (SSSR count). The van der Waals surface area contributed by atoms with Crippen molar-refractivity contribution in [3.05, 3.63) is 68.6 Å². The number of carbonyl (C=O) groups is 1. The molecule has 0 atom stereocenters. The second kappa shape index (κ2) is 8.78. The van der Waals surface area contributed by atoms with Gasteiger partial charge in [0.05, 0.1) is 28.1 Å². The van der Waals surface area contributed by atoms with Gasteiger partial charge in [0, 0.05) is 17.5 Å². The number of esters is 1. The summed E-state index contributed by atoms with van der Waals surface area (Å²) >= 11 is 0. The summed E-state index contributed by atoms with van der Waals surface area (Å²) in [6.07, 6.45) is 4.84. The van der Waals surface area contributed by atoms with Gasteiger partial charge >= 0.3 is 18.1 Å². The van der Waals surface area contributed by atoms with Crippen LogP contribution >= 0.6 is 0 Å². The summed E-state index contributed by atoms with van der Waals surface area (Å²) in [5.41, 5.74) is -1.17. The maximum Gasteiger partial charge on any atom is 0.387 e. The summed E-state index contributed by atoms with van der Waals surface area (Å²) in [4.78, 5) is 36.3. The smallest absolute Gasteiger partial charge is 0.387 e. The van der Waals surface area contributed by atoms with Crippen LogP contribution in [0.2, 0.25) is 0 Å². The molecule has 1 fully saturated rings. The summed E-state index contributed by atoms with van der Waals surface area (Å²) < 4.78 is 42.9. The second-order valence-electron chi connectivity index (χ2n) is 8.01. The van der Waals surface area contributed by atoms with E-state index in [-0.39, 0.29) is 50.7 Å². The quantitative estimate of drug-likeness (QED) is 0.162. The zero-order chi connectivity index (χ0) is 24.7. The Morgan fingerprint density at radius 3 is 2.51 bits per heavy atom. The number of non-ortho nitro benzene ring substituents is 1. The van der Waals surface area contributed by atoms with Crippen LogP contribution in [0.4, 0.5) is 14.5 Å². The summed E-state index contributed by atoms with van der Waals surface area (Å²) in [5.74, 6) is -1.23. The maximum atomic E-state index is 13.1. The third-order valence-electron chi connectivity index (χ3n) is 5.92. The van der Waals surface area contributed by atoms with E-state index in [0.29, 0.717) is 0 Å². The lowest BCUT2D eigenvalue weighted by atomic mass is 10.1. The lowest BCUT2D eigenvalue weighted by Gasteiger charge is -2.10. The Labute approximate surface area is 194 Å². The van der Waals surface area contributed by atoms with Crippen LogP contribution in [0.1, 0.15) is 42.1 Å². The van der Waals surface area contributed by atoms with Crippen molar-refractivity contribution in [1.82, 2.24) is 9.78 Å². The Hall–Kier alpha value is -4.35. The number of alkyl halides is 2. The number of benzene rings is 2. The third-order valence-corrected chi connectivity index (χ3v) is 5.92. The van der Waals surface area contributed by atoms with Gasteiger partial charge in [-0.15, -0.1) is 0 Å².